The number of rotatable bonds is 6. The van der Waals surface area contributed by atoms with Crippen LogP contribution in [0, 0.1) is 5.92 Å². The van der Waals surface area contributed by atoms with Crippen LogP contribution in [0.2, 0.25) is 0 Å². The summed E-state index contributed by atoms with van der Waals surface area (Å²) < 4.78 is 15.7. The SMILES string of the molecule is COc1ccc(CC(=O)NCC2CCOCC2)cc1OC. The lowest BCUT2D eigenvalue weighted by molar-refractivity contribution is -0.120. The largest absolute Gasteiger partial charge is 0.493 e. The van der Waals surface area contributed by atoms with Crippen molar-refractivity contribution < 1.29 is 19.0 Å². The first-order chi connectivity index (χ1) is 10.2. The lowest BCUT2D eigenvalue weighted by Gasteiger charge is -2.22. The van der Waals surface area contributed by atoms with Crippen molar-refractivity contribution >= 4 is 5.91 Å². The van der Waals surface area contributed by atoms with Gasteiger partial charge in [0.25, 0.3) is 0 Å². The molecule has 0 aromatic heterocycles. The Morgan fingerprint density at radius 1 is 1.24 bits per heavy atom. The smallest absolute Gasteiger partial charge is 0.224 e. The molecular weight excluding hydrogens is 270 g/mol. The Morgan fingerprint density at radius 3 is 2.62 bits per heavy atom. The van der Waals surface area contributed by atoms with Gasteiger partial charge in [0.2, 0.25) is 5.91 Å². The van der Waals surface area contributed by atoms with Crippen molar-refractivity contribution in [1.29, 1.82) is 0 Å². The third-order valence-electron chi connectivity index (χ3n) is 3.74. The van der Waals surface area contributed by atoms with Crippen LogP contribution >= 0.6 is 0 Å². The Morgan fingerprint density at radius 2 is 1.95 bits per heavy atom. The number of ether oxygens (including phenoxy) is 3. The van der Waals surface area contributed by atoms with Gasteiger partial charge >= 0.3 is 0 Å². The van der Waals surface area contributed by atoms with Gasteiger partial charge in [0.1, 0.15) is 0 Å². The van der Waals surface area contributed by atoms with E-state index < -0.39 is 0 Å². The molecule has 1 saturated heterocycles. The first kappa shape index (κ1) is 15.6. The van der Waals surface area contributed by atoms with Crippen LogP contribution in [0.5, 0.6) is 11.5 Å². The van der Waals surface area contributed by atoms with Crippen molar-refractivity contribution in [3.63, 3.8) is 0 Å². The normalized spacial score (nSPS) is 15.5. The molecule has 116 valence electrons. The molecule has 0 bridgehead atoms. The van der Waals surface area contributed by atoms with E-state index in [-0.39, 0.29) is 5.91 Å². The molecular formula is C16H23NO4. The third kappa shape index (κ3) is 4.63. The van der Waals surface area contributed by atoms with Crippen molar-refractivity contribution in [2.75, 3.05) is 34.0 Å². The fraction of sp³-hybridized carbons (Fsp3) is 0.562. The second-order valence-electron chi connectivity index (χ2n) is 5.23. The van der Waals surface area contributed by atoms with Gasteiger partial charge in [0, 0.05) is 19.8 Å². The van der Waals surface area contributed by atoms with Crippen LogP contribution in [0.3, 0.4) is 0 Å². The summed E-state index contributed by atoms with van der Waals surface area (Å²) in [5.74, 6) is 1.89. The van der Waals surface area contributed by atoms with Crippen LogP contribution in [-0.2, 0) is 16.0 Å². The van der Waals surface area contributed by atoms with Gasteiger partial charge in [-0.15, -0.1) is 0 Å². The molecule has 1 aliphatic rings. The number of carbonyl (C=O) groups is 1. The van der Waals surface area contributed by atoms with Crippen LogP contribution in [0.1, 0.15) is 18.4 Å². The van der Waals surface area contributed by atoms with Gasteiger partial charge in [0.15, 0.2) is 11.5 Å². The zero-order chi connectivity index (χ0) is 15.1. The van der Waals surface area contributed by atoms with Crippen molar-refractivity contribution in [3.05, 3.63) is 23.8 Å². The average Bonchev–Trinajstić information content (AvgIpc) is 2.53. The molecule has 2 rings (SSSR count). The van der Waals surface area contributed by atoms with Crippen LogP contribution in [0.15, 0.2) is 18.2 Å². The van der Waals surface area contributed by atoms with E-state index in [4.69, 9.17) is 14.2 Å². The predicted molar refractivity (Wildman–Crippen MR) is 79.8 cm³/mol. The molecule has 1 fully saturated rings. The van der Waals surface area contributed by atoms with E-state index in [1.165, 1.54) is 0 Å². The van der Waals surface area contributed by atoms with E-state index in [2.05, 4.69) is 5.32 Å². The van der Waals surface area contributed by atoms with Crippen molar-refractivity contribution in [2.45, 2.75) is 19.3 Å². The van der Waals surface area contributed by atoms with E-state index in [0.29, 0.717) is 23.8 Å². The molecule has 1 aliphatic heterocycles. The summed E-state index contributed by atoms with van der Waals surface area (Å²) in [6.07, 6.45) is 2.40. The van der Waals surface area contributed by atoms with Gasteiger partial charge in [-0.2, -0.15) is 0 Å². The van der Waals surface area contributed by atoms with Crippen molar-refractivity contribution in [2.24, 2.45) is 5.92 Å². The molecule has 0 unspecified atom stereocenters. The summed E-state index contributed by atoms with van der Waals surface area (Å²) in [6, 6.07) is 5.54. The standard InChI is InChI=1S/C16H23NO4/c1-19-14-4-3-13(9-15(14)20-2)10-16(18)17-11-12-5-7-21-8-6-12/h3-4,9,12H,5-8,10-11H2,1-2H3,(H,17,18). The number of benzene rings is 1. The highest BCUT2D eigenvalue weighted by molar-refractivity contribution is 5.78. The number of carbonyl (C=O) groups excluding carboxylic acids is 1. The molecule has 0 aliphatic carbocycles. The van der Waals surface area contributed by atoms with Gasteiger partial charge in [-0.3, -0.25) is 4.79 Å². The number of amides is 1. The molecule has 0 radical (unpaired) electrons. The Hall–Kier alpha value is -1.75. The topological polar surface area (TPSA) is 56.8 Å². The Kier molecular flexibility index (Phi) is 5.87. The second kappa shape index (κ2) is 7.88. The van der Waals surface area contributed by atoms with Crippen molar-refractivity contribution in [1.82, 2.24) is 5.32 Å². The zero-order valence-corrected chi connectivity index (χ0v) is 12.7. The molecule has 1 heterocycles. The van der Waals surface area contributed by atoms with Crippen LogP contribution in [0.4, 0.5) is 0 Å². The summed E-state index contributed by atoms with van der Waals surface area (Å²) >= 11 is 0. The minimum Gasteiger partial charge on any atom is -0.493 e. The molecule has 1 amide bonds. The first-order valence-corrected chi connectivity index (χ1v) is 7.28. The molecule has 0 spiro atoms. The van der Waals surface area contributed by atoms with Crippen LogP contribution in [-0.4, -0.2) is 39.9 Å². The quantitative estimate of drug-likeness (QED) is 0.869. The molecule has 1 aromatic rings. The molecule has 0 saturated carbocycles. The lowest BCUT2D eigenvalue weighted by atomic mass is 10.0. The van der Waals surface area contributed by atoms with Crippen LogP contribution < -0.4 is 14.8 Å². The highest BCUT2D eigenvalue weighted by Crippen LogP contribution is 2.27. The zero-order valence-electron chi connectivity index (χ0n) is 12.7. The third-order valence-corrected chi connectivity index (χ3v) is 3.74. The Bertz CT molecular complexity index is 469. The molecule has 5 heteroatoms. The minimum absolute atomic E-state index is 0.0358. The summed E-state index contributed by atoms with van der Waals surface area (Å²) in [6.45, 7) is 2.34. The Labute approximate surface area is 125 Å². The predicted octanol–water partition coefficient (Wildman–Crippen LogP) is 1.79. The van der Waals surface area contributed by atoms with E-state index in [1.807, 2.05) is 18.2 Å². The van der Waals surface area contributed by atoms with Crippen molar-refractivity contribution in [3.8, 4) is 11.5 Å². The molecule has 5 nitrogen and oxygen atoms in total. The van der Waals surface area contributed by atoms with Crippen LogP contribution in [0.25, 0.3) is 0 Å². The average molecular weight is 293 g/mol. The number of nitrogens with one attached hydrogen (secondary N) is 1. The number of hydrogen-bond acceptors (Lipinski definition) is 4. The van der Waals surface area contributed by atoms with E-state index in [1.54, 1.807) is 14.2 Å². The summed E-state index contributed by atoms with van der Waals surface area (Å²) in [7, 11) is 3.19. The lowest BCUT2D eigenvalue weighted by Crippen LogP contribution is -2.33. The minimum atomic E-state index is 0.0358. The molecule has 21 heavy (non-hydrogen) atoms. The van der Waals surface area contributed by atoms with E-state index in [9.17, 15) is 4.79 Å². The fourth-order valence-corrected chi connectivity index (χ4v) is 2.45. The number of methoxy groups -OCH3 is 2. The molecule has 0 atom stereocenters. The summed E-state index contributed by atoms with van der Waals surface area (Å²) in [5, 5.41) is 3.00. The maximum absolute atomic E-state index is 12.0. The summed E-state index contributed by atoms with van der Waals surface area (Å²) in [4.78, 5) is 12.0. The highest BCUT2D eigenvalue weighted by Gasteiger charge is 2.15. The monoisotopic (exact) mass is 293 g/mol. The first-order valence-electron chi connectivity index (χ1n) is 7.28. The van der Waals surface area contributed by atoms with Gasteiger partial charge < -0.3 is 19.5 Å². The van der Waals surface area contributed by atoms with Gasteiger partial charge in [0.05, 0.1) is 20.6 Å². The second-order valence-corrected chi connectivity index (χ2v) is 5.23. The van der Waals surface area contributed by atoms with E-state index in [0.717, 1.165) is 38.2 Å². The van der Waals surface area contributed by atoms with E-state index >= 15 is 0 Å². The fourth-order valence-electron chi connectivity index (χ4n) is 2.45. The maximum atomic E-state index is 12.0. The summed E-state index contributed by atoms with van der Waals surface area (Å²) in [5.41, 5.74) is 0.914. The van der Waals surface area contributed by atoms with Gasteiger partial charge in [-0.25, -0.2) is 0 Å². The highest BCUT2D eigenvalue weighted by atomic mass is 16.5. The molecule has 1 N–H and O–H groups in total. The number of hydrogen-bond donors (Lipinski definition) is 1. The Balaban J connectivity index is 1.84. The van der Waals surface area contributed by atoms with Gasteiger partial charge in [-0.1, -0.05) is 6.07 Å². The molecule has 1 aromatic carbocycles. The van der Waals surface area contributed by atoms with Gasteiger partial charge in [-0.05, 0) is 36.5 Å². The maximum Gasteiger partial charge on any atom is 0.224 e.